The van der Waals surface area contributed by atoms with Gasteiger partial charge in [-0.25, -0.2) is 0 Å². The molecule has 1 amide bonds. The van der Waals surface area contributed by atoms with E-state index < -0.39 is 0 Å². The Morgan fingerprint density at radius 2 is 2.29 bits per heavy atom. The SMILES string of the molecule is CCCNC1COCC1C(=O)Nc1ccc(Br)c(OC)c1. The van der Waals surface area contributed by atoms with Gasteiger partial charge in [0.2, 0.25) is 5.91 Å². The van der Waals surface area contributed by atoms with Crippen LogP contribution in [0.1, 0.15) is 13.3 Å². The van der Waals surface area contributed by atoms with E-state index in [4.69, 9.17) is 9.47 Å². The molecule has 1 aromatic rings. The Labute approximate surface area is 133 Å². The van der Waals surface area contributed by atoms with E-state index in [-0.39, 0.29) is 17.9 Å². The summed E-state index contributed by atoms with van der Waals surface area (Å²) in [7, 11) is 1.60. The number of carbonyl (C=O) groups is 1. The van der Waals surface area contributed by atoms with E-state index in [0.717, 1.165) is 23.1 Å². The molecule has 0 saturated carbocycles. The number of ether oxygens (including phenoxy) is 2. The molecule has 0 spiro atoms. The second kappa shape index (κ2) is 7.77. The molecule has 6 heteroatoms. The van der Waals surface area contributed by atoms with Gasteiger partial charge in [0.15, 0.2) is 0 Å². The average Bonchev–Trinajstić information content (AvgIpc) is 2.95. The lowest BCUT2D eigenvalue weighted by Gasteiger charge is -2.18. The van der Waals surface area contributed by atoms with Gasteiger partial charge in [0, 0.05) is 17.8 Å². The molecule has 1 saturated heterocycles. The van der Waals surface area contributed by atoms with Crippen molar-refractivity contribution in [2.75, 3.05) is 32.2 Å². The van der Waals surface area contributed by atoms with Crippen molar-refractivity contribution in [2.24, 2.45) is 5.92 Å². The van der Waals surface area contributed by atoms with Gasteiger partial charge < -0.3 is 20.1 Å². The smallest absolute Gasteiger partial charge is 0.231 e. The highest BCUT2D eigenvalue weighted by Crippen LogP contribution is 2.28. The topological polar surface area (TPSA) is 59.6 Å². The van der Waals surface area contributed by atoms with Crippen LogP contribution in [0.5, 0.6) is 5.75 Å². The number of hydrogen-bond donors (Lipinski definition) is 2. The Hall–Kier alpha value is -1.11. The molecule has 116 valence electrons. The predicted molar refractivity (Wildman–Crippen MR) is 85.7 cm³/mol. The quantitative estimate of drug-likeness (QED) is 0.821. The van der Waals surface area contributed by atoms with E-state index >= 15 is 0 Å². The van der Waals surface area contributed by atoms with Crippen molar-refractivity contribution in [1.82, 2.24) is 5.32 Å². The van der Waals surface area contributed by atoms with Crippen molar-refractivity contribution in [2.45, 2.75) is 19.4 Å². The molecule has 0 aromatic heterocycles. The van der Waals surface area contributed by atoms with Crippen molar-refractivity contribution in [1.29, 1.82) is 0 Å². The summed E-state index contributed by atoms with van der Waals surface area (Å²) in [5.74, 6) is 0.507. The summed E-state index contributed by atoms with van der Waals surface area (Å²) in [4.78, 5) is 12.4. The molecular weight excluding hydrogens is 336 g/mol. The Bertz CT molecular complexity index is 496. The Kier molecular flexibility index (Phi) is 6.02. The zero-order valence-corrected chi connectivity index (χ0v) is 13.9. The molecule has 0 aliphatic carbocycles. The molecule has 2 atom stereocenters. The third-order valence-corrected chi connectivity index (χ3v) is 4.15. The fourth-order valence-corrected chi connectivity index (χ4v) is 2.72. The van der Waals surface area contributed by atoms with Gasteiger partial charge in [-0.2, -0.15) is 0 Å². The Balaban J connectivity index is 2.00. The molecule has 5 nitrogen and oxygen atoms in total. The van der Waals surface area contributed by atoms with Gasteiger partial charge in [0.1, 0.15) is 5.75 Å². The van der Waals surface area contributed by atoms with Crippen LogP contribution in [0.25, 0.3) is 0 Å². The maximum Gasteiger partial charge on any atom is 0.231 e. The first-order valence-corrected chi connectivity index (χ1v) is 7.90. The van der Waals surface area contributed by atoms with E-state index in [9.17, 15) is 4.79 Å². The number of methoxy groups -OCH3 is 1. The van der Waals surface area contributed by atoms with E-state index in [0.29, 0.717) is 19.0 Å². The maximum atomic E-state index is 12.4. The highest BCUT2D eigenvalue weighted by Gasteiger charge is 2.33. The van der Waals surface area contributed by atoms with Crippen LogP contribution in [0.4, 0.5) is 5.69 Å². The van der Waals surface area contributed by atoms with Gasteiger partial charge in [-0.15, -0.1) is 0 Å². The molecule has 1 aliphatic heterocycles. The van der Waals surface area contributed by atoms with E-state index in [1.807, 2.05) is 12.1 Å². The summed E-state index contributed by atoms with van der Waals surface area (Å²) in [6, 6.07) is 5.58. The number of anilines is 1. The first-order valence-electron chi connectivity index (χ1n) is 7.11. The monoisotopic (exact) mass is 356 g/mol. The molecule has 2 N–H and O–H groups in total. The van der Waals surface area contributed by atoms with Crippen LogP contribution in [0.3, 0.4) is 0 Å². The Morgan fingerprint density at radius 3 is 3.00 bits per heavy atom. The summed E-state index contributed by atoms with van der Waals surface area (Å²) in [6.07, 6.45) is 1.04. The summed E-state index contributed by atoms with van der Waals surface area (Å²) in [6.45, 7) is 4.04. The summed E-state index contributed by atoms with van der Waals surface area (Å²) in [5.41, 5.74) is 0.723. The number of halogens is 1. The van der Waals surface area contributed by atoms with Crippen LogP contribution < -0.4 is 15.4 Å². The second-order valence-corrected chi connectivity index (χ2v) is 5.90. The molecular formula is C15H21BrN2O3. The van der Waals surface area contributed by atoms with Crippen LogP contribution in [0.15, 0.2) is 22.7 Å². The molecule has 2 rings (SSSR count). The number of amides is 1. The van der Waals surface area contributed by atoms with Crippen molar-refractivity contribution in [3.8, 4) is 5.75 Å². The molecule has 1 aromatic carbocycles. The summed E-state index contributed by atoms with van der Waals surface area (Å²) < 4.78 is 11.5. The lowest BCUT2D eigenvalue weighted by Crippen LogP contribution is -2.41. The minimum absolute atomic E-state index is 0.0227. The van der Waals surface area contributed by atoms with Crippen LogP contribution in [-0.2, 0) is 9.53 Å². The van der Waals surface area contributed by atoms with Crippen molar-refractivity contribution >= 4 is 27.5 Å². The molecule has 1 aliphatic rings. The number of nitrogens with one attached hydrogen (secondary N) is 2. The highest BCUT2D eigenvalue weighted by molar-refractivity contribution is 9.10. The molecule has 0 radical (unpaired) electrons. The third-order valence-electron chi connectivity index (χ3n) is 3.49. The van der Waals surface area contributed by atoms with E-state index in [1.165, 1.54) is 0 Å². The number of hydrogen-bond acceptors (Lipinski definition) is 4. The van der Waals surface area contributed by atoms with Gasteiger partial charge in [-0.1, -0.05) is 6.92 Å². The van der Waals surface area contributed by atoms with Crippen LogP contribution in [-0.4, -0.2) is 38.8 Å². The zero-order chi connectivity index (χ0) is 15.2. The third kappa shape index (κ3) is 4.18. The molecule has 0 bridgehead atoms. The molecule has 21 heavy (non-hydrogen) atoms. The predicted octanol–water partition coefficient (Wildman–Crippen LogP) is 2.41. The maximum absolute atomic E-state index is 12.4. The largest absolute Gasteiger partial charge is 0.495 e. The van der Waals surface area contributed by atoms with Gasteiger partial charge in [0.25, 0.3) is 0 Å². The number of carbonyl (C=O) groups excluding carboxylic acids is 1. The summed E-state index contributed by atoms with van der Waals surface area (Å²) >= 11 is 3.39. The molecule has 2 unspecified atom stereocenters. The number of benzene rings is 1. The van der Waals surface area contributed by atoms with Gasteiger partial charge in [0.05, 0.1) is 30.7 Å². The van der Waals surface area contributed by atoms with Crippen LogP contribution in [0, 0.1) is 5.92 Å². The van der Waals surface area contributed by atoms with Crippen molar-refractivity contribution in [3.63, 3.8) is 0 Å². The number of rotatable bonds is 6. The summed E-state index contributed by atoms with van der Waals surface area (Å²) in [5, 5.41) is 6.29. The minimum atomic E-state index is -0.161. The molecule has 1 fully saturated rings. The lowest BCUT2D eigenvalue weighted by atomic mass is 10.0. The first kappa shape index (κ1) is 16.3. The van der Waals surface area contributed by atoms with Gasteiger partial charge >= 0.3 is 0 Å². The minimum Gasteiger partial charge on any atom is -0.495 e. The Morgan fingerprint density at radius 1 is 1.48 bits per heavy atom. The fourth-order valence-electron chi connectivity index (χ4n) is 2.32. The highest BCUT2D eigenvalue weighted by atomic mass is 79.9. The second-order valence-electron chi connectivity index (χ2n) is 5.04. The zero-order valence-electron chi connectivity index (χ0n) is 12.3. The fraction of sp³-hybridized carbons (Fsp3) is 0.533. The molecule has 1 heterocycles. The lowest BCUT2D eigenvalue weighted by molar-refractivity contribution is -0.120. The standard InChI is InChI=1S/C15H21BrN2O3/c1-3-6-17-13-9-21-8-11(13)15(19)18-10-4-5-12(16)14(7-10)20-2/h4-5,7,11,13,17H,3,6,8-9H2,1-2H3,(H,18,19). The van der Waals surface area contributed by atoms with Crippen LogP contribution >= 0.6 is 15.9 Å². The van der Waals surface area contributed by atoms with Crippen LogP contribution in [0.2, 0.25) is 0 Å². The van der Waals surface area contributed by atoms with Crippen molar-refractivity contribution < 1.29 is 14.3 Å². The van der Waals surface area contributed by atoms with Crippen molar-refractivity contribution in [3.05, 3.63) is 22.7 Å². The average molecular weight is 357 g/mol. The van der Waals surface area contributed by atoms with E-state index in [2.05, 4.69) is 33.5 Å². The first-order chi connectivity index (χ1) is 10.2. The van der Waals surface area contributed by atoms with Gasteiger partial charge in [-0.3, -0.25) is 4.79 Å². The van der Waals surface area contributed by atoms with Gasteiger partial charge in [-0.05, 0) is 41.0 Å². The normalized spacial score (nSPS) is 21.3. The van der Waals surface area contributed by atoms with E-state index in [1.54, 1.807) is 13.2 Å².